The first-order valence-electron chi connectivity index (χ1n) is 13.6. The molecule has 1 saturated heterocycles. The Morgan fingerprint density at radius 1 is 0.930 bits per heavy atom. The van der Waals surface area contributed by atoms with Crippen LogP contribution in [0, 0.1) is 17.6 Å². The lowest BCUT2D eigenvalue weighted by molar-refractivity contribution is -0.140. The van der Waals surface area contributed by atoms with Crippen molar-refractivity contribution in [1.82, 2.24) is 15.7 Å². The predicted octanol–water partition coefficient (Wildman–Crippen LogP) is 5.05. The summed E-state index contributed by atoms with van der Waals surface area (Å²) < 4.78 is 66.9. The van der Waals surface area contributed by atoms with E-state index in [1.807, 2.05) is 0 Å². The molecule has 0 radical (unpaired) electrons. The van der Waals surface area contributed by atoms with Crippen LogP contribution >= 0.6 is 0 Å². The van der Waals surface area contributed by atoms with Gasteiger partial charge in [0.15, 0.2) is 0 Å². The summed E-state index contributed by atoms with van der Waals surface area (Å²) in [4.78, 5) is 50.3. The Hall–Kier alpha value is -4.27. The standard InChI is InChI=1S/C28H32F5N5O5/c29-21-10-9-19(15-20(21)28(31,32)33)35-27(42)36-23-11-8-17(14-22(23)30)26(41)38-13-5-6-18(16-38)25(40)34-12-4-2-1-3-7-24(39)37-43/h8-11,14-15,18,43H,1-7,12-13,16H2,(H,34,40)(H,37,39)(H2,35,36,42)/t18-/m0/s1. The zero-order chi connectivity index (χ0) is 31.6. The van der Waals surface area contributed by atoms with Crippen molar-refractivity contribution in [2.24, 2.45) is 5.92 Å². The highest BCUT2D eigenvalue weighted by Crippen LogP contribution is 2.33. The second-order valence-electron chi connectivity index (χ2n) is 10.0. The van der Waals surface area contributed by atoms with Gasteiger partial charge in [-0.3, -0.25) is 19.6 Å². The third kappa shape index (κ3) is 9.91. The number of rotatable bonds is 11. The van der Waals surface area contributed by atoms with Crippen molar-refractivity contribution in [3.8, 4) is 0 Å². The third-order valence-electron chi connectivity index (χ3n) is 6.83. The molecule has 1 heterocycles. The molecule has 5 N–H and O–H groups in total. The number of nitrogens with one attached hydrogen (secondary N) is 4. The normalized spacial score (nSPS) is 15.0. The molecule has 1 fully saturated rings. The van der Waals surface area contributed by atoms with E-state index >= 15 is 0 Å². The van der Waals surface area contributed by atoms with Crippen molar-refractivity contribution in [3.05, 3.63) is 59.2 Å². The van der Waals surface area contributed by atoms with Crippen LogP contribution in [0.3, 0.4) is 0 Å². The monoisotopic (exact) mass is 613 g/mol. The topological polar surface area (TPSA) is 140 Å². The van der Waals surface area contributed by atoms with Gasteiger partial charge in [-0.25, -0.2) is 19.1 Å². The molecule has 3 rings (SSSR count). The SMILES string of the molecule is O=C(CCCCCCNC(=O)[C@H]1CCCN(C(=O)c2ccc(NC(=O)Nc3ccc(F)c(C(F)(F)F)c3)c(F)c2)C1)NO. The van der Waals surface area contributed by atoms with E-state index in [-0.39, 0.29) is 35.8 Å². The summed E-state index contributed by atoms with van der Waals surface area (Å²) in [5, 5.41) is 15.5. The largest absolute Gasteiger partial charge is 0.419 e. The van der Waals surface area contributed by atoms with Crippen LogP contribution in [0.5, 0.6) is 0 Å². The van der Waals surface area contributed by atoms with E-state index in [2.05, 4.69) is 16.0 Å². The Morgan fingerprint density at radius 3 is 2.37 bits per heavy atom. The molecule has 0 saturated carbocycles. The van der Waals surface area contributed by atoms with Crippen LogP contribution < -0.4 is 21.4 Å². The first-order valence-corrected chi connectivity index (χ1v) is 13.6. The number of hydrogen-bond acceptors (Lipinski definition) is 5. The van der Waals surface area contributed by atoms with Gasteiger partial charge in [-0.05, 0) is 62.1 Å². The molecule has 5 amide bonds. The van der Waals surface area contributed by atoms with Gasteiger partial charge in [0, 0.05) is 37.3 Å². The molecule has 0 spiro atoms. The van der Waals surface area contributed by atoms with E-state index in [9.17, 15) is 41.1 Å². The van der Waals surface area contributed by atoms with E-state index in [4.69, 9.17) is 5.21 Å². The summed E-state index contributed by atoms with van der Waals surface area (Å²) in [6.45, 7) is 0.946. The van der Waals surface area contributed by atoms with E-state index in [0.29, 0.717) is 50.9 Å². The summed E-state index contributed by atoms with van der Waals surface area (Å²) in [7, 11) is 0. The molecule has 0 bridgehead atoms. The van der Waals surface area contributed by atoms with Crippen molar-refractivity contribution < 1.29 is 46.3 Å². The minimum atomic E-state index is -4.98. The minimum absolute atomic E-state index is 0.0206. The summed E-state index contributed by atoms with van der Waals surface area (Å²) in [5.74, 6) is -4.08. The highest BCUT2D eigenvalue weighted by atomic mass is 19.4. The smallest absolute Gasteiger partial charge is 0.356 e. The number of urea groups is 1. The fraction of sp³-hybridized carbons (Fsp3) is 0.429. The highest BCUT2D eigenvalue weighted by Gasteiger charge is 2.34. The van der Waals surface area contributed by atoms with Gasteiger partial charge in [0.2, 0.25) is 11.8 Å². The second-order valence-corrected chi connectivity index (χ2v) is 10.0. The quantitative estimate of drug-likeness (QED) is 0.104. The number of anilines is 2. The number of nitrogens with zero attached hydrogens (tertiary/aromatic N) is 1. The Labute approximate surface area is 244 Å². The number of carbonyl (C=O) groups excluding carboxylic acids is 4. The molecule has 15 heteroatoms. The fourth-order valence-electron chi connectivity index (χ4n) is 4.59. The Bertz CT molecular complexity index is 1320. The summed E-state index contributed by atoms with van der Waals surface area (Å²) in [6, 6.07) is 4.08. The molecule has 1 aliphatic rings. The van der Waals surface area contributed by atoms with Crippen LogP contribution in [0.2, 0.25) is 0 Å². The van der Waals surface area contributed by atoms with Crippen LogP contribution in [0.15, 0.2) is 36.4 Å². The van der Waals surface area contributed by atoms with E-state index in [1.165, 1.54) is 11.0 Å². The average Bonchev–Trinajstić information content (AvgIpc) is 2.97. The lowest BCUT2D eigenvalue weighted by Gasteiger charge is -2.32. The Balaban J connectivity index is 1.49. The van der Waals surface area contributed by atoms with E-state index < -0.39 is 47.1 Å². The lowest BCUT2D eigenvalue weighted by atomic mass is 9.96. The van der Waals surface area contributed by atoms with Gasteiger partial charge in [0.1, 0.15) is 11.6 Å². The van der Waals surface area contributed by atoms with Gasteiger partial charge < -0.3 is 20.9 Å². The minimum Gasteiger partial charge on any atom is -0.356 e. The summed E-state index contributed by atoms with van der Waals surface area (Å²) in [6.07, 6.45) is -0.728. The second kappa shape index (κ2) is 15.3. The number of amides is 5. The van der Waals surface area contributed by atoms with Gasteiger partial charge >= 0.3 is 12.2 Å². The van der Waals surface area contributed by atoms with Crippen molar-refractivity contribution in [2.45, 2.75) is 51.1 Å². The molecule has 0 aliphatic carbocycles. The van der Waals surface area contributed by atoms with Crippen LogP contribution in [0.4, 0.5) is 38.1 Å². The van der Waals surface area contributed by atoms with Crippen molar-refractivity contribution in [1.29, 1.82) is 0 Å². The average molecular weight is 614 g/mol. The molecule has 10 nitrogen and oxygen atoms in total. The third-order valence-corrected chi connectivity index (χ3v) is 6.83. The Kier molecular flexibility index (Phi) is 11.8. The number of carbonyl (C=O) groups is 4. The molecule has 2 aromatic carbocycles. The maximum Gasteiger partial charge on any atom is 0.419 e. The number of unbranched alkanes of at least 4 members (excludes halogenated alkanes) is 3. The van der Waals surface area contributed by atoms with Gasteiger partial charge in [-0.15, -0.1) is 0 Å². The molecule has 1 atom stereocenters. The van der Waals surface area contributed by atoms with E-state index in [0.717, 1.165) is 31.0 Å². The molecular weight excluding hydrogens is 581 g/mol. The molecule has 1 aliphatic heterocycles. The zero-order valence-electron chi connectivity index (χ0n) is 23.0. The van der Waals surface area contributed by atoms with E-state index in [1.54, 1.807) is 5.48 Å². The maximum absolute atomic E-state index is 14.8. The van der Waals surface area contributed by atoms with Crippen LogP contribution in [0.1, 0.15) is 60.9 Å². The molecule has 2 aromatic rings. The number of hydrogen-bond donors (Lipinski definition) is 5. The number of halogens is 5. The number of alkyl halides is 3. The van der Waals surface area contributed by atoms with Gasteiger partial charge in [0.05, 0.1) is 17.2 Å². The molecule has 0 unspecified atom stereocenters. The van der Waals surface area contributed by atoms with Crippen molar-refractivity contribution in [3.63, 3.8) is 0 Å². The highest BCUT2D eigenvalue weighted by molar-refractivity contribution is 6.00. The molecule has 43 heavy (non-hydrogen) atoms. The Morgan fingerprint density at radius 2 is 1.67 bits per heavy atom. The first-order chi connectivity index (χ1) is 20.4. The number of hydroxylamine groups is 1. The molecule has 234 valence electrons. The number of piperidine rings is 1. The molecule has 0 aromatic heterocycles. The van der Waals surface area contributed by atoms with Crippen LogP contribution in [-0.4, -0.2) is 53.5 Å². The fourth-order valence-corrected chi connectivity index (χ4v) is 4.59. The predicted molar refractivity (Wildman–Crippen MR) is 145 cm³/mol. The van der Waals surface area contributed by atoms with Crippen LogP contribution in [-0.2, 0) is 15.8 Å². The number of benzene rings is 2. The lowest BCUT2D eigenvalue weighted by Crippen LogP contribution is -2.45. The van der Waals surface area contributed by atoms with Gasteiger partial charge in [-0.2, -0.15) is 13.2 Å². The van der Waals surface area contributed by atoms with Gasteiger partial charge in [-0.1, -0.05) is 12.8 Å². The summed E-state index contributed by atoms with van der Waals surface area (Å²) >= 11 is 0. The van der Waals surface area contributed by atoms with Crippen molar-refractivity contribution >= 4 is 35.1 Å². The number of likely N-dealkylation sites (tertiary alicyclic amines) is 1. The first kappa shape index (κ1) is 33.2. The maximum atomic E-state index is 14.8. The molecular formula is C28H32F5N5O5. The zero-order valence-corrected chi connectivity index (χ0v) is 23.0. The van der Waals surface area contributed by atoms with Crippen molar-refractivity contribution in [2.75, 3.05) is 30.3 Å². The van der Waals surface area contributed by atoms with Crippen LogP contribution in [0.25, 0.3) is 0 Å². The summed E-state index contributed by atoms with van der Waals surface area (Å²) in [5.41, 5.74) is -0.740. The van der Waals surface area contributed by atoms with Gasteiger partial charge in [0.25, 0.3) is 5.91 Å².